The average molecular weight is 337 g/mol. The van der Waals surface area contributed by atoms with E-state index in [4.69, 9.17) is 4.74 Å². The van der Waals surface area contributed by atoms with Crippen LogP contribution in [0, 0.1) is 10.1 Å². The molecule has 0 spiro atoms. The maximum Gasteiger partial charge on any atom is 0.287 e. The Bertz CT molecular complexity index is 671. The first-order chi connectivity index (χ1) is 9.49. The summed E-state index contributed by atoms with van der Waals surface area (Å²) >= 11 is 3.14. The highest BCUT2D eigenvalue weighted by molar-refractivity contribution is 9.10. The number of benzene rings is 1. The quantitative estimate of drug-likeness (QED) is 0.482. The van der Waals surface area contributed by atoms with E-state index in [0.29, 0.717) is 17.2 Å². The molecule has 2 aromatic rings. The van der Waals surface area contributed by atoms with Crippen LogP contribution in [0.3, 0.4) is 0 Å². The number of nitro groups is 1. The van der Waals surface area contributed by atoms with Gasteiger partial charge in [0.2, 0.25) is 0 Å². The molecule has 0 aliphatic heterocycles. The summed E-state index contributed by atoms with van der Waals surface area (Å²) in [5.74, 6) is 0.542. The number of hydrogen-bond acceptors (Lipinski definition) is 5. The van der Waals surface area contributed by atoms with Crippen molar-refractivity contribution in [3.8, 4) is 11.5 Å². The summed E-state index contributed by atoms with van der Waals surface area (Å²) in [6.07, 6.45) is 1.39. The highest BCUT2D eigenvalue weighted by atomic mass is 79.9. The summed E-state index contributed by atoms with van der Waals surface area (Å²) in [7, 11) is 0. The monoisotopic (exact) mass is 336 g/mol. The van der Waals surface area contributed by atoms with E-state index in [9.17, 15) is 14.9 Å². The SMILES string of the molecule is CC(=O)c1ccc(Oc2cccc([N+](=O)[O-])c2Br)cn1. The van der Waals surface area contributed by atoms with Crippen molar-refractivity contribution in [3.05, 3.63) is 56.8 Å². The first-order valence-electron chi connectivity index (χ1n) is 5.57. The van der Waals surface area contributed by atoms with Crippen LogP contribution < -0.4 is 4.74 Å². The second kappa shape index (κ2) is 5.79. The predicted octanol–water partition coefficient (Wildman–Crippen LogP) is 3.75. The van der Waals surface area contributed by atoms with Gasteiger partial charge in [-0.2, -0.15) is 0 Å². The van der Waals surface area contributed by atoms with Crippen LogP contribution in [0.1, 0.15) is 17.4 Å². The number of ether oxygens (including phenoxy) is 1. The molecule has 0 unspecified atom stereocenters. The van der Waals surface area contributed by atoms with Gasteiger partial charge >= 0.3 is 0 Å². The van der Waals surface area contributed by atoms with Gasteiger partial charge in [0.1, 0.15) is 21.7 Å². The number of hydrogen-bond donors (Lipinski definition) is 0. The van der Waals surface area contributed by atoms with Gasteiger partial charge in [-0.3, -0.25) is 14.9 Å². The summed E-state index contributed by atoms with van der Waals surface area (Å²) in [6.45, 7) is 1.42. The van der Waals surface area contributed by atoms with Crippen molar-refractivity contribution in [2.24, 2.45) is 0 Å². The van der Waals surface area contributed by atoms with E-state index in [1.165, 1.54) is 31.3 Å². The van der Waals surface area contributed by atoms with Crippen molar-refractivity contribution in [2.75, 3.05) is 0 Å². The van der Waals surface area contributed by atoms with Crippen molar-refractivity contribution < 1.29 is 14.5 Å². The van der Waals surface area contributed by atoms with Gasteiger partial charge in [-0.05, 0) is 34.1 Å². The van der Waals surface area contributed by atoms with Crippen molar-refractivity contribution in [3.63, 3.8) is 0 Å². The van der Waals surface area contributed by atoms with Crippen LogP contribution in [-0.4, -0.2) is 15.7 Å². The van der Waals surface area contributed by atoms with Gasteiger partial charge in [0.05, 0.1) is 11.1 Å². The van der Waals surface area contributed by atoms with Gasteiger partial charge in [0.15, 0.2) is 5.78 Å². The van der Waals surface area contributed by atoms with Crippen molar-refractivity contribution in [1.82, 2.24) is 4.98 Å². The van der Waals surface area contributed by atoms with E-state index in [-0.39, 0.29) is 15.9 Å². The predicted molar refractivity (Wildman–Crippen MR) is 75.1 cm³/mol. The van der Waals surface area contributed by atoms with E-state index < -0.39 is 4.92 Å². The Morgan fingerprint density at radius 2 is 2.10 bits per heavy atom. The number of nitrogens with zero attached hydrogens (tertiary/aromatic N) is 2. The highest BCUT2D eigenvalue weighted by Gasteiger charge is 2.16. The Hall–Kier alpha value is -2.28. The summed E-state index contributed by atoms with van der Waals surface area (Å²) in [6, 6.07) is 7.59. The summed E-state index contributed by atoms with van der Waals surface area (Å²) in [5, 5.41) is 10.8. The van der Waals surface area contributed by atoms with Crippen LogP contribution in [0.4, 0.5) is 5.69 Å². The number of rotatable bonds is 4. The molecule has 7 heteroatoms. The molecule has 0 radical (unpaired) electrons. The average Bonchev–Trinajstić information content (AvgIpc) is 2.41. The number of Topliss-reactive ketones (excluding diaryl/α,β-unsaturated/α-hetero) is 1. The molecule has 0 N–H and O–H groups in total. The van der Waals surface area contributed by atoms with Gasteiger partial charge in [-0.25, -0.2) is 4.98 Å². The van der Waals surface area contributed by atoms with Crippen LogP contribution in [0.5, 0.6) is 11.5 Å². The fourth-order valence-corrected chi connectivity index (χ4v) is 1.98. The molecule has 102 valence electrons. The summed E-state index contributed by atoms with van der Waals surface area (Å²) in [4.78, 5) is 25.4. The van der Waals surface area contributed by atoms with Crippen LogP contribution in [0.2, 0.25) is 0 Å². The molecular weight excluding hydrogens is 328 g/mol. The first-order valence-corrected chi connectivity index (χ1v) is 6.36. The molecule has 20 heavy (non-hydrogen) atoms. The standard InChI is InChI=1S/C13H9BrN2O4/c1-8(17)10-6-5-9(7-15-10)20-12-4-2-3-11(13(12)14)16(18)19/h2-7H,1H3. The lowest BCUT2D eigenvalue weighted by molar-refractivity contribution is -0.385. The van der Waals surface area contributed by atoms with Gasteiger partial charge in [0.25, 0.3) is 5.69 Å². The molecule has 0 fully saturated rings. The number of carbonyl (C=O) groups excluding carboxylic acids is 1. The molecule has 0 bridgehead atoms. The maximum absolute atomic E-state index is 11.1. The van der Waals surface area contributed by atoms with Gasteiger partial charge in [-0.15, -0.1) is 0 Å². The third kappa shape index (κ3) is 3.00. The summed E-state index contributed by atoms with van der Waals surface area (Å²) in [5.41, 5.74) is 0.242. The van der Waals surface area contributed by atoms with Crippen LogP contribution in [-0.2, 0) is 0 Å². The second-order valence-electron chi connectivity index (χ2n) is 3.88. The Kier molecular flexibility index (Phi) is 4.09. The Morgan fingerprint density at radius 1 is 1.35 bits per heavy atom. The van der Waals surface area contributed by atoms with Gasteiger partial charge < -0.3 is 4.74 Å². The van der Waals surface area contributed by atoms with E-state index in [1.54, 1.807) is 12.1 Å². The molecule has 0 aliphatic rings. The minimum Gasteiger partial charge on any atom is -0.454 e. The van der Waals surface area contributed by atoms with E-state index in [1.807, 2.05) is 0 Å². The number of pyridine rings is 1. The lowest BCUT2D eigenvalue weighted by atomic mass is 10.2. The normalized spacial score (nSPS) is 10.1. The maximum atomic E-state index is 11.1. The molecule has 1 aromatic carbocycles. The minimum absolute atomic E-state index is 0.0872. The topological polar surface area (TPSA) is 82.3 Å². The Balaban J connectivity index is 2.28. The molecule has 0 atom stereocenters. The van der Waals surface area contributed by atoms with E-state index in [2.05, 4.69) is 20.9 Å². The molecule has 0 aliphatic carbocycles. The summed E-state index contributed by atoms with van der Waals surface area (Å²) < 4.78 is 5.76. The largest absolute Gasteiger partial charge is 0.454 e. The molecule has 1 heterocycles. The second-order valence-corrected chi connectivity index (χ2v) is 4.68. The molecule has 1 aromatic heterocycles. The molecule has 0 amide bonds. The number of ketones is 1. The van der Waals surface area contributed by atoms with Crippen LogP contribution in [0.15, 0.2) is 41.0 Å². The fourth-order valence-electron chi connectivity index (χ4n) is 1.49. The number of aromatic nitrogens is 1. The van der Waals surface area contributed by atoms with Crippen molar-refractivity contribution >= 4 is 27.4 Å². The van der Waals surface area contributed by atoms with Crippen LogP contribution >= 0.6 is 15.9 Å². The highest BCUT2D eigenvalue weighted by Crippen LogP contribution is 2.36. The molecular formula is C13H9BrN2O4. The zero-order chi connectivity index (χ0) is 14.7. The minimum atomic E-state index is -0.506. The molecule has 2 rings (SSSR count). The zero-order valence-electron chi connectivity index (χ0n) is 10.4. The van der Waals surface area contributed by atoms with Crippen LogP contribution in [0.25, 0.3) is 0 Å². The van der Waals surface area contributed by atoms with Gasteiger partial charge in [0, 0.05) is 13.0 Å². The Labute approximate surface area is 122 Å². The van der Waals surface area contributed by atoms with Crippen molar-refractivity contribution in [1.29, 1.82) is 0 Å². The third-order valence-corrected chi connectivity index (χ3v) is 3.26. The lowest BCUT2D eigenvalue weighted by Gasteiger charge is -2.07. The van der Waals surface area contributed by atoms with Crippen molar-refractivity contribution in [2.45, 2.75) is 6.92 Å². The van der Waals surface area contributed by atoms with E-state index >= 15 is 0 Å². The Morgan fingerprint density at radius 3 is 2.65 bits per heavy atom. The zero-order valence-corrected chi connectivity index (χ0v) is 12.0. The third-order valence-electron chi connectivity index (χ3n) is 2.46. The smallest absolute Gasteiger partial charge is 0.287 e. The lowest BCUT2D eigenvalue weighted by Crippen LogP contribution is -1.96. The fraction of sp³-hybridized carbons (Fsp3) is 0.0769. The van der Waals surface area contributed by atoms with E-state index in [0.717, 1.165) is 0 Å². The molecule has 6 nitrogen and oxygen atoms in total. The number of halogens is 1. The van der Waals surface area contributed by atoms with Gasteiger partial charge in [-0.1, -0.05) is 6.07 Å². The molecule has 0 saturated heterocycles. The number of nitro benzene ring substituents is 1. The first kappa shape index (κ1) is 14.1. The molecule has 0 saturated carbocycles. The number of carbonyl (C=O) groups is 1.